The highest BCUT2D eigenvalue weighted by atomic mass is 32.1. The number of thiocarbonyl (C=S) groups is 1. The molecule has 2 amide bonds. The van der Waals surface area contributed by atoms with Gasteiger partial charge in [0.2, 0.25) is 17.8 Å². The minimum atomic E-state index is -0.535. The highest BCUT2D eigenvalue weighted by Crippen LogP contribution is 2.31. The fourth-order valence-electron chi connectivity index (χ4n) is 4.34. The van der Waals surface area contributed by atoms with Gasteiger partial charge in [0.15, 0.2) is 11.5 Å². The molecule has 2 fully saturated rings. The van der Waals surface area contributed by atoms with E-state index in [9.17, 15) is 9.59 Å². The number of nitrogens with zero attached hydrogens (tertiary/aromatic N) is 2. The Bertz CT molecular complexity index is 1020. The van der Waals surface area contributed by atoms with Crippen molar-refractivity contribution in [3.8, 4) is 0 Å². The molecule has 0 bridgehead atoms. The minimum absolute atomic E-state index is 0.0486. The van der Waals surface area contributed by atoms with Gasteiger partial charge < -0.3 is 14.8 Å². The highest BCUT2D eigenvalue weighted by Gasteiger charge is 2.38. The Morgan fingerprint density at radius 2 is 1.87 bits per heavy atom. The van der Waals surface area contributed by atoms with Crippen molar-refractivity contribution in [3.05, 3.63) is 59.1 Å². The lowest BCUT2D eigenvalue weighted by atomic mass is 9.93. The van der Waals surface area contributed by atoms with Gasteiger partial charge in [0.1, 0.15) is 5.92 Å². The largest absolute Gasteiger partial charge is 0.454 e. The molecule has 2 aliphatic carbocycles. The van der Waals surface area contributed by atoms with Crippen LogP contribution in [0.5, 0.6) is 0 Å². The van der Waals surface area contributed by atoms with Crippen molar-refractivity contribution < 1.29 is 19.1 Å². The lowest BCUT2D eigenvalue weighted by Gasteiger charge is -2.30. The second kappa shape index (κ2) is 8.26. The molecule has 5 rings (SSSR count). The van der Waals surface area contributed by atoms with Crippen molar-refractivity contribution in [2.75, 3.05) is 6.79 Å². The van der Waals surface area contributed by atoms with Crippen molar-refractivity contribution in [1.82, 2.24) is 10.2 Å². The summed E-state index contributed by atoms with van der Waals surface area (Å²) >= 11 is 5.38. The molecule has 0 spiro atoms. The highest BCUT2D eigenvalue weighted by molar-refractivity contribution is 7.80. The van der Waals surface area contributed by atoms with Crippen LogP contribution in [0.3, 0.4) is 0 Å². The van der Waals surface area contributed by atoms with Gasteiger partial charge >= 0.3 is 0 Å². The van der Waals surface area contributed by atoms with E-state index in [1.165, 1.54) is 24.2 Å². The Labute approximate surface area is 185 Å². The van der Waals surface area contributed by atoms with Crippen LogP contribution in [0.1, 0.15) is 48.0 Å². The summed E-state index contributed by atoms with van der Waals surface area (Å²) < 4.78 is 10.8. The number of fused-ring (bicyclic) bond motifs is 2. The Kier molecular flexibility index (Phi) is 5.31. The zero-order valence-corrected chi connectivity index (χ0v) is 17.8. The number of benzene rings is 1. The molecule has 1 saturated carbocycles. The molecule has 7 nitrogen and oxygen atoms in total. The molecule has 1 aromatic carbocycles. The summed E-state index contributed by atoms with van der Waals surface area (Å²) in [6.45, 7) is 0.438. The molecule has 1 N–H and O–H groups in total. The van der Waals surface area contributed by atoms with Crippen LogP contribution in [0.2, 0.25) is 0 Å². The molecule has 31 heavy (non-hydrogen) atoms. The number of amides is 2. The smallest absolute Gasteiger partial charge is 0.251 e. The van der Waals surface area contributed by atoms with Crippen LogP contribution < -0.4 is 5.32 Å². The Morgan fingerprint density at radius 3 is 2.65 bits per heavy atom. The second-order valence-corrected chi connectivity index (χ2v) is 8.54. The molecule has 4 aliphatic rings. The first kappa shape index (κ1) is 19.9. The van der Waals surface area contributed by atoms with Crippen LogP contribution in [0, 0.1) is 5.92 Å². The topological polar surface area (TPSA) is 80.2 Å². The SMILES string of the molecule is O=C(NC1CCCCC1)c1ccc(CN2C(=O)C3C=C4OCOC4=CC3=NC2=S)cc1. The van der Waals surface area contributed by atoms with E-state index >= 15 is 0 Å². The molecule has 8 heteroatoms. The maximum Gasteiger partial charge on any atom is 0.251 e. The van der Waals surface area contributed by atoms with Crippen LogP contribution in [0.4, 0.5) is 0 Å². The summed E-state index contributed by atoms with van der Waals surface area (Å²) in [5, 5.41) is 3.35. The van der Waals surface area contributed by atoms with Crippen LogP contribution in [0.15, 0.2) is 52.9 Å². The number of carbonyl (C=O) groups is 2. The number of carbonyl (C=O) groups excluding carboxylic acids is 2. The molecular weight excluding hydrogens is 414 g/mol. The van der Waals surface area contributed by atoms with Crippen LogP contribution in [-0.2, 0) is 20.8 Å². The van der Waals surface area contributed by atoms with Crippen molar-refractivity contribution in [1.29, 1.82) is 0 Å². The molecule has 1 aromatic rings. The summed E-state index contributed by atoms with van der Waals surface area (Å²) in [6.07, 6.45) is 9.14. The quantitative estimate of drug-likeness (QED) is 0.732. The van der Waals surface area contributed by atoms with Gasteiger partial charge in [-0.25, -0.2) is 4.99 Å². The third kappa shape index (κ3) is 3.99. The average Bonchev–Trinajstić information content (AvgIpc) is 3.24. The Hall–Kier alpha value is -3.00. The van der Waals surface area contributed by atoms with Gasteiger partial charge in [0, 0.05) is 17.7 Å². The van der Waals surface area contributed by atoms with Crippen LogP contribution in [0.25, 0.3) is 0 Å². The normalized spacial score (nSPS) is 23.0. The third-order valence-corrected chi connectivity index (χ3v) is 6.38. The number of hydrogen-bond donors (Lipinski definition) is 1. The molecule has 2 heterocycles. The fraction of sp³-hybridized carbons (Fsp3) is 0.391. The maximum absolute atomic E-state index is 13.1. The predicted molar refractivity (Wildman–Crippen MR) is 118 cm³/mol. The minimum Gasteiger partial charge on any atom is -0.454 e. The van der Waals surface area contributed by atoms with Crippen LogP contribution in [-0.4, -0.2) is 40.4 Å². The molecule has 2 aliphatic heterocycles. The van der Waals surface area contributed by atoms with E-state index in [0.717, 1.165) is 18.4 Å². The second-order valence-electron chi connectivity index (χ2n) is 8.17. The van der Waals surface area contributed by atoms with Crippen LogP contribution >= 0.6 is 12.2 Å². The maximum atomic E-state index is 13.1. The summed E-state index contributed by atoms with van der Waals surface area (Å²) in [5.41, 5.74) is 2.07. The van der Waals surface area contributed by atoms with Gasteiger partial charge in [-0.3, -0.25) is 14.5 Å². The van der Waals surface area contributed by atoms with E-state index in [0.29, 0.717) is 29.3 Å². The number of hydrogen-bond acceptors (Lipinski definition) is 5. The lowest BCUT2D eigenvalue weighted by molar-refractivity contribution is -0.129. The number of ether oxygens (including phenoxy) is 2. The number of aliphatic imine (C=N–C) groups is 1. The van der Waals surface area contributed by atoms with Crippen molar-refractivity contribution >= 4 is 34.9 Å². The zero-order chi connectivity index (χ0) is 21.4. The predicted octanol–water partition coefficient (Wildman–Crippen LogP) is 3.22. The van der Waals surface area contributed by atoms with Crippen molar-refractivity contribution in [3.63, 3.8) is 0 Å². The summed E-state index contributed by atoms with van der Waals surface area (Å²) in [7, 11) is 0. The molecule has 1 saturated heterocycles. The molecule has 0 radical (unpaired) electrons. The Balaban J connectivity index is 1.27. The molecule has 1 atom stereocenters. The molecule has 160 valence electrons. The lowest BCUT2D eigenvalue weighted by Crippen LogP contribution is -2.45. The number of rotatable bonds is 4. The van der Waals surface area contributed by atoms with E-state index in [2.05, 4.69) is 10.3 Å². The first-order chi connectivity index (χ1) is 15.1. The van der Waals surface area contributed by atoms with E-state index < -0.39 is 5.92 Å². The van der Waals surface area contributed by atoms with Gasteiger partial charge in [0.05, 0.1) is 12.3 Å². The first-order valence-corrected chi connectivity index (χ1v) is 11.0. The van der Waals surface area contributed by atoms with E-state index in [4.69, 9.17) is 21.7 Å². The number of nitrogens with one attached hydrogen (secondary N) is 1. The molecule has 0 aromatic heterocycles. The number of allylic oxidation sites excluding steroid dienone is 1. The van der Waals surface area contributed by atoms with Crippen molar-refractivity contribution in [2.45, 2.75) is 44.7 Å². The van der Waals surface area contributed by atoms with Gasteiger partial charge in [-0.15, -0.1) is 0 Å². The van der Waals surface area contributed by atoms with Gasteiger partial charge in [-0.05, 0) is 48.8 Å². The molecule has 1 unspecified atom stereocenters. The van der Waals surface area contributed by atoms with Gasteiger partial charge in [-0.1, -0.05) is 31.4 Å². The van der Waals surface area contributed by atoms with Crippen molar-refractivity contribution in [2.24, 2.45) is 10.9 Å². The first-order valence-electron chi connectivity index (χ1n) is 10.6. The van der Waals surface area contributed by atoms with E-state index in [1.807, 2.05) is 12.1 Å². The zero-order valence-electron chi connectivity index (χ0n) is 17.0. The monoisotopic (exact) mass is 437 g/mol. The molecular formula is C23H23N3O4S. The van der Waals surface area contributed by atoms with E-state index in [-0.39, 0.29) is 29.8 Å². The van der Waals surface area contributed by atoms with Gasteiger partial charge in [-0.2, -0.15) is 0 Å². The summed E-state index contributed by atoms with van der Waals surface area (Å²) in [4.78, 5) is 31.5. The standard InChI is InChI=1S/C23H23N3O4S/c27-21(24-16-4-2-1-3-5-16)15-8-6-14(7-9-15)12-26-22(28)17-10-19-20(30-13-29-19)11-18(17)25-23(26)31/h6-11,16-17H,1-5,12-13H2,(H,24,27). The summed E-state index contributed by atoms with van der Waals surface area (Å²) in [6, 6.07) is 7.57. The summed E-state index contributed by atoms with van der Waals surface area (Å²) in [5.74, 6) is 0.423. The van der Waals surface area contributed by atoms with E-state index in [1.54, 1.807) is 24.3 Å². The average molecular weight is 438 g/mol. The Morgan fingerprint density at radius 1 is 1.13 bits per heavy atom. The fourth-order valence-corrected chi connectivity index (χ4v) is 4.60. The third-order valence-electron chi connectivity index (χ3n) is 6.07. The van der Waals surface area contributed by atoms with Gasteiger partial charge in [0.25, 0.3) is 5.91 Å².